The van der Waals surface area contributed by atoms with Gasteiger partial charge in [-0.15, -0.1) is 0 Å². The summed E-state index contributed by atoms with van der Waals surface area (Å²) in [4.78, 5) is 14.7. The molecule has 13 heavy (non-hydrogen) atoms. The highest BCUT2D eigenvalue weighted by molar-refractivity contribution is 5.91. The molecule has 0 unspecified atom stereocenters. The highest BCUT2D eigenvalue weighted by atomic mass is 16.6. The lowest BCUT2D eigenvalue weighted by Crippen LogP contribution is -2.25. The molecule has 0 aliphatic rings. The predicted molar refractivity (Wildman–Crippen MR) is 52.7 cm³/mol. The molecule has 0 saturated carbocycles. The normalized spacial score (nSPS) is 13.2. The summed E-state index contributed by atoms with van der Waals surface area (Å²) in [5.41, 5.74) is 4.97. The number of hydrogen-bond acceptors (Lipinski definition) is 2. The number of nitrogens with two attached hydrogens (primary N) is 1. The highest BCUT2D eigenvalue weighted by Gasteiger charge is 2.16. The monoisotopic (exact) mass is 186 g/mol. The largest absolute Gasteiger partial charge is 0.442 e. The fraction of sp³-hybridized carbons (Fsp3) is 0.778. The van der Waals surface area contributed by atoms with Crippen molar-refractivity contribution >= 4 is 11.9 Å². The molecular formula is C9H18N2O2. The zero-order valence-electron chi connectivity index (χ0n) is 8.92. The number of amides is 1. The Labute approximate surface area is 79.2 Å². The van der Waals surface area contributed by atoms with Gasteiger partial charge in [0.05, 0.1) is 0 Å². The number of hydrogen-bond donors (Lipinski definition) is 1. The van der Waals surface area contributed by atoms with E-state index in [1.165, 1.54) is 0 Å². The molecule has 76 valence electrons. The quantitative estimate of drug-likeness (QED) is 0.502. The van der Waals surface area contributed by atoms with Crippen LogP contribution in [0.1, 0.15) is 34.6 Å². The molecule has 0 atom stereocenters. The number of amidine groups is 1. The predicted octanol–water partition coefficient (Wildman–Crippen LogP) is 1.93. The Balaban J connectivity index is 4.24. The van der Waals surface area contributed by atoms with E-state index in [0.29, 0.717) is 5.84 Å². The summed E-state index contributed by atoms with van der Waals surface area (Å²) >= 11 is 0. The fourth-order valence-electron chi connectivity index (χ4n) is 0.519. The minimum Gasteiger partial charge on any atom is -0.442 e. The van der Waals surface area contributed by atoms with Crippen molar-refractivity contribution in [2.45, 2.75) is 40.2 Å². The molecule has 0 aliphatic heterocycles. The van der Waals surface area contributed by atoms with Gasteiger partial charge in [-0.3, -0.25) is 0 Å². The van der Waals surface area contributed by atoms with E-state index in [-0.39, 0.29) is 5.92 Å². The molecule has 0 aromatic heterocycles. The average molecular weight is 186 g/mol. The van der Waals surface area contributed by atoms with E-state index in [9.17, 15) is 4.79 Å². The number of aliphatic imine (C=N–C) groups is 1. The topological polar surface area (TPSA) is 64.7 Å². The Bertz CT molecular complexity index is 214. The van der Waals surface area contributed by atoms with Crippen LogP contribution in [-0.4, -0.2) is 17.5 Å². The van der Waals surface area contributed by atoms with E-state index in [2.05, 4.69) is 4.99 Å². The highest BCUT2D eigenvalue weighted by Crippen LogP contribution is 2.08. The van der Waals surface area contributed by atoms with Crippen molar-refractivity contribution in [3.63, 3.8) is 0 Å². The number of rotatable bonds is 1. The van der Waals surface area contributed by atoms with Crippen LogP contribution in [0.25, 0.3) is 0 Å². The summed E-state index contributed by atoms with van der Waals surface area (Å²) in [5.74, 6) is 0.363. The van der Waals surface area contributed by atoms with E-state index in [0.717, 1.165) is 0 Å². The molecule has 0 aromatic rings. The average Bonchev–Trinajstić information content (AvgIpc) is 1.81. The van der Waals surface area contributed by atoms with Crippen LogP contribution in [0.3, 0.4) is 0 Å². The molecule has 2 N–H and O–H groups in total. The Morgan fingerprint density at radius 2 is 1.85 bits per heavy atom. The van der Waals surface area contributed by atoms with Crippen LogP contribution in [-0.2, 0) is 4.74 Å². The molecule has 0 fully saturated rings. The Kier molecular flexibility index (Phi) is 3.91. The van der Waals surface area contributed by atoms with Crippen LogP contribution < -0.4 is 5.73 Å². The summed E-state index contributed by atoms with van der Waals surface area (Å²) in [6, 6.07) is 0. The minimum atomic E-state index is -0.626. The third kappa shape index (κ3) is 6.13. The van der Waals surface area contributed by atoms with Crippen LogP contribution in [0.15, 0.2) is 4.99 Å². The van der Waals surface area contributed by atoms with E-state index >= 15 is 0 Å². The van der Waals surface area contributed by atoms with Crippen LogP contribution in [0.5, 0.6) is 0 Å². The lowest BCUT2D eigenvalue weighted by molar-refractivity contribution is 0.0603. The van der Waals surface area contributed by atoms with E-state index in [4.69, 9.17) is 10.5 Å². The van der Waals surface area contributed by atoms with Crippen molar-refractivity contribution < 1.29 is 9.53 Å². The SMILES string of the molecule is CC(C)C(N)=NC(=O)OC(C)(C)C. The van der Waals surface area contributed by atoms with Crippen molar-refractivity contribution in [1.82, 2.24) is 0 Å². The Hall–Kier alpha value is -1.06. The first-order valence-corrected chi connectivity index (χ1v) is 4.29. The lowest BCUT2D eigenvalue weighted by Gasteiger charge is -2.17. The first-order valence-electron chi connectivity index (χ1n) is 4.29. The zero-order valence-corrected chi connectivity index (χ0v) is 8.92. The summed E-state index contributed by atoms with van der Waals surface area (Å²) in [7, 11) is 0. The zero-order chi connectivity index (χ0) is 10.6. The van der Waals surface area contributed by atoms with Gasteiger partial charge in [-0.1, -0.05) is 13.8 Å². The number of carbonyl (C=O) groups is 1. The van der Waals surface area contributed by atoms with Crippen LogP contribution in [0.2, 0.25) is 0 Å². The second-order valence-corrected chi connectivity index (χ2v) is 4.17. The fourth-order valence-corrected chi connectivity index (χ4v) is 0.519. The molecule has 0 aliphatic carbocycles. The minimum absolute atomic E-state index is 0.0625. The van der Waals surface area contributed by atoms with Gasteiger partial charge in [-0.25, -0.2) is 4.79 Å². The second-order valence-electron chi connectivity index (χ2n) is 4.17. The maximum atomic E-state index is 11.1. The van der Waals surface area contributed by atoms with Gasteiger partial charge < -0.3 is 10.5 Å². The molecule has 4 nitrogen and oxygen atoms in total. The van der Waals surface area contributed by atoms with Crippen molar-refractivity contribution in [3.8, 4) is 0 Å². The summed E-state index contributed by atoms with van der Waals surface area (Å²) in [6.45, 7) is 9.08. The van der Waals surface area contributed by atoms with Gasteiger partial charge in [0.2, 0.25) is 0 Å². The van der Waals surface area contributed by atoms with Crippen molar-refractivity contribution in [3.05, 3.63) is 0 Å². The molecule has 0 rings (SSSR count). The Morgan fingerprint density at radius 1 is 1.38 bits per heavy atom. The van der Waals surface area contributed by atoms with Gasteiger partial charge in [0.15, 0.2) is 0 Å². The molecule has 0 radical (unpaired) electrons. The summed E-state index contributed by atoms with van der Waals surface area (Å²) < 4.78 is 4.95. The molecule has 1 amide bonds. The van der Waals surface area contributed by atoms with Crippen molar-refractivity contribution in [2.24, 2.45) is 16.6 Å². The van der Waals surface area contributed by atoms with Gasteiger partial charge in [0, 0.05) is 5.92 Å². The third-order valence-corrected chi connectivity index (χ3v) is 1.21. The van der Waals surface area contributed by atoms with Gasteiger partial charge in [-0.2, -0.15) is 4.99 Å². The Morgan fingerprint density at radius 3 is 2.15 bits per heavy atom. The van der Waals surface area contributed by atoms with Crippen LogP contribution in [0.4, 0.5) is 4.79 Å². The molecule has 0 saturated heterocycles. The number of nitrogens with zero attached hydrogens (tertiary/aromatic N) is 1. The number of ether oxygens (including phenoxy) is 1. The number of carbonyl (C=O) groups excluding carboxylic acids is 1. The smallest absolute Gasteiger partial charge is 0.435 e. The van der Waals surface area contributed by atoms with Gasteiger partial charge in [0.1, 0.15) is 11.4 Å². The lowest BCUT2D eigenvalue weighted by atomic mass is 10.2. The van der Waals surface area contributed by atoms with E-state index in [1.54, 1.807) is 20.8 Å². The van der Waals surface area contributed by atoms with Gasteiger partial charge >= 0.3 is 6.09 Å². The third-order valence-electron chi connectivity index (χ3n) is 1.21. The molecule has 4 heteroatoms. The molecule has 0 heterocycles. The van der Waals surface area contributed by atoms with Crippen LogP contribution >= 0.6 is 0 Å². The maximum absolute atomic E-state index is 11.1. The second kappa shape index (κ2) is 4.25. The maximum Gasteiger partial charge on any atom is 0.435 e. The molecular weight excluding hydrogens is 168 g/mol. The first kappa shape index (κ1) is 11.9. The van der Waals surface area contributed by atoms with Crippen molar-refractivity contribution in [1.29, 1.82) is 0 Å². The van der Waals surface area contributed by atoms with Gasteiger partial charge in [0.25, 0.3) is 0 Å². The first-order chi connectivity index (χ1) is 5.72. The standard InChI is InChI=1S/C9H18N2O2/c1-6(2)7(10)11-8(12)13-9(3,4)5/h6H,1-5H3,(H2,10,11,12). The van der Waals surface area contributed by atoms with E-state index in [1.807, 2.05) is 13.8 Å². The summed E-state index contributed by atoms with van der Waals surface area (Å²) in [5, 5.41) is 0. The van der Waals surface area contributed by atoms with E-state index < -0.39 is 11.7 Å². The van der Waals surface area contributed by atoms with Crippen molar-refractivity contribution in [2.75, 3.05) is 0 Å². The summed E-state index contributed by atoms with van der Waals surface area (Å²) in [6.07, 6.45) is -0.626. The molecule has 0 bridgehead atoms. The van der Waals surface area contributed by atoms with Gasteiger partial charge in [-0.05, 0) is 20.8 Å². The molecule has 0 aromatic carbocycles. The molecule has 0 spiro atoms. The van der Waals surface area contributed by atoms with Crippen LogP contribution in [0, 0.1) is 5.92 Å².